The standard InChI is InChI=1S/C63H110O6/c1-4-7-10-13-16-19-22-25-28-31-32-33-36-38-41-44-47-50-53-56-62(65)68-59-60(69-63(66)57-54-51-48-45-42-39-35-30-27-24-21-18-15-12-9-6-3)58-67-61(64)55-52-49-46-43-40-37-34-29-26-23-20-17-14-11-8-5-2/h9,12,18,21,27,29-30,34,39,42,48,51,60H,4-8,10-11,13-17,19-20,22-26,28,31-33,35-38,40-41,43-47,49-50,52-59H2,1-3H3/b12-9-,21-18-,30-27-,34-29-,42-39-,51-48-. The first-order valence-electron chi connectivity index (χ1n) is 29.4. The summed E-state index contributed by atoms with van der Waals surface area (Å²) in [7, 11) is 0. The van der Waals surface area contributed by atoms with Crippen LogP contribution in [-0.4, -0.2) is 37.2 Å². The highest BCUT2D eigenvalue weighted by molar-refractivity contribution is 5.71. The Kier molecular flexibility index (Phi) is 54.8. The molecule has 0 N–H and O–H groups in total. The second-order valence-electron chi connectivity index (χ2n) is 19.5. The maximum absolute atomic E-state index is 12.8. The number of rotatable bonds is 53. The summed E-state index contributed by atoms with van der Waals surface area (Å²) in [5, 5.41) is 0. The van der Waals surface area contributed by atoms with Crippen molar-refractivity contribution in [1.82, 2.24) is 0 Å². The Hall–Kier alpha value is -3.15. The van der Waals surface area contributed by atoms with Crippen molar-refractivity contribution in [2.24, 2.45) is 0 Å². The topological polar surface area (TPSA) is 78.9 Å². The van der Waals surface area contributed by atoms with Gasteiger partial charge in [0.2, 0.25) is 0 Å². The summed E-state index contributed by atoms with van der Waals surface area (Å²) >= 11 is 0. The third-order valence-electron chi connectivity index (χ3n) is 12.7. The molecular weight excluding hydrogens is 853 g/mol. The molecule has 1 atom stereocenters. The van der Waals surface area contributed by atoms with Gasteiger partial charge in [-0.1, -0.05) is 267 Å². The van der Waals surface area contributed by atoms with Crippen molar-refractivity contribution in [3.63, 3.8) is 0 Å². The fraction of sp³-hybridized carbons (Fsp3) is 0.762. The fourth-order valence-electron chi connectivity index (χ4n) is 8.31. The van der Waals surface area contributed by atoms with Crippen molar-refractivity contribution in [1.29, 1.82) is 0 Å². The van der Waals surface area contributed by atoms with Gasteiger partial charge in [-0.15, -0.1) is 0 Å². The number of carbonyl (C=O) groups is 3. The lowest BCUT2D eigenvalue weighted by Gasteiger charge is -2.18. The lowest BCUT2D eigenvalue weighted by molar-refractivity contribution is -0.166. The Bertz CT molecular complexity index is 1290. The molecule has 0 saturated carbocycles. The van der Waals surface area contributed by atoms with Gasteiger partial charge in [0.15, 0.2) is 6.10 Å². The van der Waals surface area contributed by atoms with Gasteiger partial charge in [-0.05, 0) is 77.0 Å². The predicted octanol–water partition coefficient (Wildman–Crippen LogP) is 19.8. The summed E-state index contributed by atoms with van der Waals surface area (Å²) in [4.78, 5) is 38.1. The molecule has 69 heavy (non-hydrogen) atoms. The van der Waals surface area contributed by atoms with E-state index in [0.29, 0.717) is 19.3 Å². The summed E-state index contributed by atoms with van der Waals surface area (Å²) in [6.07, 6.45) is 73.4. The van der Waals surface area contributed by atoms with Gasteiger partial charge in [-0.3, -0.25) is 14.4 Å². The molecule has 0 aliphatic carbocycles. The van der Waals surface area contributed by atoms with E-state index < -0.39 is 6.10 Å². The number of hydrogen-bond donors (Lipinski definition) is 0. The second-order valence-corrected chi connectivity index (χ2v) is 19.5. The summed E-state index contributed by atoms with van der Waals surface area (Å²) in [6.45, 7) is 6.49. The Morgan fingerprint density at radius 2 is 0.594 bits per heavy atom. The lowest BCUT2D eigenvalue weighted by atomic mass is 10.0. The number of unbranched alkanes of at least 4 members (excludes halogenated alkanes) is 30. The Labute approximate surface area is 427 Å². The molecule has 0 amide bonds. The molecular formula is C63H110O6. The average Bonchev–Trinajstić information content (AvgIpc) is 3.35. The number of ether oxygens (including phenoxy) is 3. The van der Waals surface area contributed by atoms with Crippen molar-refractivity contribution in [3.05, 3.63) is 72.9 Å². The third kappa shape index (κ3) is 55.6. The molecule has 0 bridgehead atoms. The van der Waals surface area contributed by atoms with E-state index in [0.717, 1.165) is 77.0 Å². The summed E-state index contributed by atoms with van der Waals surface area (Å²) in [6, 6.07) is 0. The molecule has 0 aromatic heterocycles. The molecule has 0 rings (SSSR count). The number of esters is 3. The van der Waals surface area contributed by atoms with Crippen LogP contribution in [0.25, 0.3) is 0 Å². The van der Waals surface area contributed by atoms with Crippen molar-refractivity contribution >= 4 is 17.9 Å². The van der Waals surface area contributed by atoms with Crippen LogP contribution in [0, 0.1) is 0 Å². The molecule has 0 aromatic carbocycles. The van der Waals surface area contributed by atoms with Crippen LogP contribution in [0.1, 0.15) is 290 Å². The van der Waals surface area contributed by atoms with Crippen LogP contribution in [0.3, 0.4) is 0 Å². The highest BCUT2D eigenvalue weighted by atomic mass is 16.6. The minimum atomic E-state index is -0.817. The average molecular weight is 964 g/mol. The molecule has 0 fully saturated rings. The first kappa shape index (κ1) is 65.8. The van der Waals surface area contributed by atoms with E-state index in [4.69, 9.17) is 14.2 Å². The Morgan fingerprint density at radius 3 is 0.942 bits per heavy atom. The van der Waals surface area contributed by atoms with Gasteiger partial charge >= 0.3 is 17.9 Å². The van der Waals surface area contributed by atoms with Crippen molar-refractivity contribution in [2.45, 2.75) is 297 Å². The highest BCUT2D eigenvalue weighted by Gasteiger charge is 2.19. The van der Waals surface area contributed by atoms with Crippen molar-refractivity contribution in [3.8, 4) is 0 Å². The zero-order chi connectivity index (χ0) is 50.0. The number of carbonyl (C=O) groups excluding carboxylic acids is 3. The smallest absolute Gasteiger partial charge is 0.306 e. The van der Waals surface area contributed by atoms with Crippen LogP contribution in [0.5, 0.6) is 0 Å². The van der Waals surface area contributed by atoms with Crippen molar-refractivity contribution in [2.75, 3.05) is 13.2 Å². The van der Waals surface area contributed by atoms with Gasteiger partial charge in [0, 0.05) is 19.3 Å². The predicted molar refractivity (Wildman–Crippen MR) is 298 cm³/mol. The van der Waals surface area contributed by atoms with Crippen LogP contribution >= 0.6 is 0 Å². The first-order valence-corrected chi connectivity index (χ1v) is 29.4. The van der Waals surface area contributed by atoms with Gasteiger partial charge in [0.05, 0.1) is 0 Å². The van der Waals surface area contributed by atoms with E-state index in [1.54, 1.807) is 0 Å². The fourth-order valence-corrected chi connectivity index (χ4v) is 8.31. The van der Waals surface area contributed by atoms with Gasteiger partial charge in [-0.25, -0.2) is 0 Å². The maximum atomic E-state index is 12.8. The van der Waals surface area contributed by atoms with Gasteiger partial charge in [0.1, 0.15) is 13.2 Å². The lowest BCUT2D eigenvalue weighted by Crippen LogP contribution is -2.30. The number of allylic oxidation sites excluding steroid dienone is 12. The highest BCUT2D eigenvalue weighted by Crippen LogP contribution is 2.16. The minimum absolute atomic E-state index is 0.105. The van der Waals surface area contributed by atoms with E-state index in [9.17, 15) is 14.4 Å². The molecule has 6 heteroatoms. The molecule has 1 unspecified atom stereocenters. The molecule has 0 aliphatic rings. The first-order chi connectivity index (χ1) is 34.0. The SMILES string of the molecule is CC/C=C\C/C=C\C/C=C\C/C=C\C/C=C\CCC(=O)OC(COC(=O)CCCCCCC/C=C\CCCCCCCCC)COC(=O)CCCCCCCCCCCCCCCCCCCCC. The van der Waals surface area contributed by atoms with Crippen molar-refractivity contribution < 1.29 is 28.6 Å². The Balaban J connectivity index is 4.44. The largest absolute Gasteiger partial charge is 0.462 e. The normalized spacial score (nSPS) is 12.6. The molecule has 0 radical (unpaired) electrons. The maximum Gasteiger partial charge on any atom is 0.306 e. The van der Waals surface area contributed by atoms with Gasteiger partial charge < -0.3 is 14.2 Å². The van der Waals surface area contributed by atoms with Gasteiger partial charge in [0.25, 0.3) is 0 Å². The van der Waals surface area contributed by atoms with E-state index >= 15 is 0 Å². The Morgan fingerprint density at radius 1 is 0.304 bits per heavy atom. The van der Waals surface area contributed by atoms with Crippen LogP contribution in [-0.2, 0) is 28.6 Å². The molecule has 398 valence electrons. The molecule has 0 saturated heterocycles. The van der Waals surface area contributed by atoms with Crippen LogP contribution in [0.4, 0.5) is 0 Å². The van der Waals surface area contributed by atoms with Crippen LogP contribution in [0.15, 0.2) is 72.9 Å². The summed E-state index contributed by atoms with van der Waals surface area (Å²) < 4.78 is 16.8. The van der Waals surface area contributed by atoms with Crippen LogP contribution < -0.4 is 0 Å². The molecule has 0 aliphatic heterocycles. The summed E-state index contributed by atoms with van der Waals surface area (Å²) in [5.74, 6) is -0.986. The second kappa shape index (κ2) is 57.4. The molecule has 0 spiro atoms. The van der Waals surface area contributed by atoms with Crippen LogP contribution in [0.2, 0.25) is 0 Å². The van der Waals surface area contributed by atoms with E-state index in [-0.39, 0.29) is 37.5 Å². The monoisotopic (exact) mass is 963 g/mol. The third-order valence-corrected chi connectivity index (χ3v) is 12.7. The number of hydrogen-bond acceptors (Lipinski definition) is 6. The molecule has 0 aromatic rings. The van der Waals surface area contributed by atoms with E-state index in [2.05, 4.69) is 87.6 Å². The summed E-state index contributed by atoms with van der Waals surface area (Å²) in [5.41, 5.74) is 0. The quantitative estimate of drug-likeness (QED) is 0.0262. The zero-order valence-corrected chi connectivity index (χ0v) is 45.6. The van der Waals surface area contributed by atoms with E-state index in [1.807, 2.05) is 6.08 Å². The minimum Gasteiger partial charge on any atom is -0.462 e. The molecule has 6 nitrogen and oxygen atoms in total. The zero-order valence-electron chi connectivity index (χ0n) is 45.6. The van der Waals surface area contributed by atoms with Gasteiger partial charge in [-0.2, -0.15) is 0 Å². The molecule has 0 heterocycles. The van der Waals surface area contributed by atoms with E-state index in [1.165, 1.54) is 167 Å².